The number of hydrogen-bond donors (Lipinski definition) is 5. The maximum Gasteiger partial charge on any atom is 0.242 e. The number of likely N-dealkylation sites (tertiary alicyclic amines) is 1. The number of phenolic OH excluding ortho intramolecular Hbond substituents is 1. The van der Waals surface area contributed by atoms with E-state index in [9.17, 15) is 19.5 Å². The summed E-state index contributed by atoms with van der Waals surface area (Å²) in [5.41, 5.74) is 8.74. The molecular weight excluding hydrogens is 665 g/mol. The van der Waals surface area contributed by atoms with Crippen LogP contribution in [0.1, 0.15) is 109 Å². The molecule has 3 amide bonds. The highest BCUT2D eigenvalue weighted by Gasteiger charge is 2.62. The van der Waals surface area contributed by atoms with Crippen LogP contribution in [0, 0.1) is 17.8 Å². The molecule has 53 heavy (non-hydrogen) atoms. The number of aromatic hydroxyl groups is 1. The molecule has 0 spiro atoms. The molecule has 6 atom stereocenters. The van der Waals surface area contributed by atoms with Crippen molar-refractivity contribution in [3.05, 3.63) is 65.2 Å². The lowest BCUT2D eigenvalue weighted by molar-refractivity contribution is -0.130. The largest absolute Gasteiger partial charge is 0.508 e. The van der Waals surface area contributed by atoms with E-state index in [1.54, 1.807) is 6.07 Å². The SMILES string of the molecule is CCCC(N)=NCCCCCCNC(=O)[C@H](CC(C)C)NC(=O)CNC(=O)[C@]1(c2ccccc2)C[C@@H]1CN1CC[C@@]2(C)c3cc(O)ccc3C[C@@H]1[C@H]2C. The molecule has 10 heteroatoms. The zero-order valence-corrected chi connectivity index (χ0v) is 32.8. The number of aliphatic imine (C=N–C) groups is 1. The third-order valence-electron chi connectivity index (χ3n) is 12.3. The molecule has 10 nitrogen and oxygen atoms in total. The lowest BCUT2D eigenvalue weighted by atomic mass is 9.59. The van der Waals surface area contributed by atoms with Crippen LogP contribution in [0.5, 0.6) is 5.75 Å². The van der Waals surface area contributed by atoms with Crippen molar-refractivity contribution < 1.29 is 19.5 Å². The summed E-state index contributed by atoms with van der Waals surface area (Å²) in [6.45, 7) is 13.7. The first kappa shape index (κ1) is 40.3. The van der Waals surface area contributed by atoms with Crippen molar-refractivity contribution in [2.24, 2.45) is 28.5 Å². The number of amidine groups is 1. The van der Waals surface area contributed by atoms with Gasteiger partial charge in [-0.3, -0.25) is 24.3 Å². The first-order valence-corrected chi connectivity index (χ1v) is 20.1. The monoisotopic (exact) mass is 728 g/mol. The number of phenols is 1. The highest BCUT2D eigenvalue weighted by molar-refractivity contribution is 5.95. The highest BCUT2D eigenvalue weighted by Crippen LogP contribution is 2.56. The van der Waals surface area contributed by atoms with Crippen LogP contribution in [0.3, 0.4) is 0 Å². The molecule has 3 aliphatic rings. The third-order valence-corrected chi connectivity index (χ3v) is 12.3. The highest BCUT2D eigenvalue weighted by atomic mass is 16.3. The van der Waals surface area contributed by atoms with Gasteiger partial charge in [0.25, 0.3) is 0 Å². The molecule has 0 radical (unpaired) electrons. The van der Waals surface area contributed by atoms with Crippen molar-refractivity contribution in [1.29, 1.82) is 0 Å². The molecule has 1 saturated heterocycles. The van der Waals surface area contributed by atoms with E-state index in [0.717, 1.165) is 88.8 Å². The van der Waals surface area contributed by atoms with Crippen molar-refractivity contribution >= 4 is 23.6 Å². The van der Waals surface area contributed by atoms with Gasteiger partial charge in [-0.2, -0.15) is 0 Å². The zero-order valence-electron chi connectivity index (χ0n) is 32.8. The molecule has 0 unspecified atom stereocenters. The average Bonchev–Trinajstić information content (AvgIpc) is 3.86. The lowest BCUT2D eigenvalue weighted by Gasteiger charge is -2.55. The van der Waals surface area contributed by atoms with Crippen molar-refractivity contribution in [3.8, 4) is 5.75 Å². The molecule has 6 N–H and O–H groups in total. The number of nitrogens with zero attached hydrogens (tertiary/aromatic N) is 2. The Labute approximate surface area is 317 Å². The minimum Gasteiger partial charge on any atom is -0.508 e. The van der Waals surface area contributed by atoms with Gasteiger partial charge in [0.05, 0.1) is 17.8 Å². The second-order valence-electron chi connectivity index (χ2n) is 16.6. The summed E-state index contributed by atoms with van der Waals surface area (Å²) >= 11 is 0. The van der Waals surface area contributed by atoms with Gasteiger partial charge in [-0.25, -0.2) is 0 Å². The van der Waals surface area contributed by atoms with Crippen LogP contribution in [0.15, 0.2) is 53.5 Å². The molecular formula is C43H64N6O4. The van der Waals surface area contributed by atoms with Crippen LogP contribution < -0.4 is 21.7 Å². The number of carbonyl (C=O) groups excluding carboxylic acids is 3. The van der Waals surface area contributed by atoms with E-state index in [4.69, 9.17) is 5.73 Å². The Bertz CT molecular complexity index is 1600. The summed E-state index contributed by atoms with van der Waals surface area (Å²) in [7, 11) is 0. The second kappa shape index (κ2) is 17.9. The molecule has 1 saturated carbocycles. The summed E-state index contributed by atoms with van der Waals surface area (Å²) < 4.78 is 0. The number of benzene rings is 2. The van der Waals surface area contributed by atoms with E-state index in [2.05, 4.69) is 52.7 Å². The van der Waals surface area contributed by atoms with Gasteiger partial charge in [-0.1, -0.05) is 83.9 Å². The van der Waals surface area contributed by atoms with Crippen LogP contribution in [-0.4, -0.2) is 78.4 Å². The Morgan fingerprint density at radius 1 is 1.06 bits per heavy atom. The Hall–Kier alpha value is -3.92. The Morgan fingerprint density at radius 2 is 1.81 bits per heavy atom. The van der Waals surface area contributed by atoms with Gasteiger partial charge in [-0.05, 0) is 103 Å². The molecule has 2 aromatic carbocycles. The van der Waals surface area contributed by atoms with Crippen molar-refractivity contribution in [1.82, 2.24) is 20.9 Å². The lowest BCUT2D eigenvalue weighted by Crippen LogP contribution is -2.58. The first-order valence-electron chi connectivity index (χ1n) is 20.1. The number of fused-ring (bicyclic) bond motifs is 4. The topological polar surface area (TPSA) is 149 Å². The smallest absolute Gasteiger partial charge is 0.242 e. The van der Waals surface area contributed by atoms with E-state index >= 15 is 0 Å². The summed E-state index contributed by atoms with van der Waals surface area (Å²) in [4.78, 5) is 47.5. The van der Waals surface area contributed by atoms with Gasteiger partial charge < -0.3 is 26.8 Å². The van der Waals surface area contributed by atoms with E-state index in [1.807, 2.05) is 50.2 Å². The van der Waals surface area contributed by atoms with Gasteiger partial charge in [-0.15, -0.1) is 0 Å². The number of unbranched alkanes of at least 4 members (excludes halogenated alkanes) is 3. The zero-order chi connectivity index (χ0) is 38.2. The minimum atomic E-state index is -0.701. The van der Waals surface area contributed by atoms with Gasteiger partial charge in [0.1, 0.15) is 11.8 Å². The van der Waals surface area contributed by atoms with Crippen molar-refractivity contribution in [2.45, 2.75) is 122 Å². The summed E-state index contributed by atoms with van der Waals surface area (Å²) in [6, 6.07) is 15.5. The number of rotatable bonds is 19. The number of hydrogen-bond acceptors (Lipinski definition) is 6. The van der Waals surface area contributed by atoms with Gasteiger partial charge in [0.2, 0.25) is 17.7 Å². The fourth-order valence-electron chi connectivity index (χ4n) is 9.00. The maximum absolute atomic E-state index is 14.1. The molecule has 2 fully saturated rings. The van der Waals surface area contributed by atoms with Gasteiger partial charge in [0.15, 0.2) is 0 Å². The van der Waals surface area contributed by atoms with Crippen LogP contribution in [0.25, 0.3) is 0 Å². The Balaban J connectivity index is 1.14. The molecule has 5 rings (SSSR count). The van der Waals surface area contributed by atoms with Crippen LogP contribution >= 0.6 is 0 Å². The number of nitrogens with one attached hydrogen (secondary N) is 3. The molecule has 2 bridgehead atoms. The fraction of sp³-hybridized carbons (Fsp3) is 0.628. The predicted molar refractivity (Wildman–Crippen MR) is 212 cm³/mol. The van der Waals surface area contributed by atoms with Crippen molar-refractivity contribution in [2.75, 3.05) is 32.7 Å². The Kier molecular flexibility index (Phi) is 13.6. The van der Waals surface area contributed by atoms with E-state index in [1.165, 1.54) is 11.1 Å². The summed E-state index contributed by atoms with van der Waals surface area (Å²) in [5.74, 6) is 1.10. The first-order chi connectivity index (χ1) is 25.4. The quantitative estimate of drug-likeness (QED) is 0.0748. The number of carbonyl (C=O) groups is 3. The molecule has 1 aliphatic heterocycles. The second-order valence-corrected chi connectivity index (χ2v) is 16.6. The molecule has 290 valence electrons. The van der Waals surface area contributed by atoms with Crippen LogP contribution in [0.2, 0.25) is 0 Å². The maximum atomic E-state index is 14.1. The standard InChI is InChI=1S/C43H64N6O4/c1-6-14-38(44)45-20-12-7-8-13-21-46-40(52)36(23-29(2)3)48-39(51)27-47-41(53)43(32-15-10-9-11-16-32)26-33(43)28-49-22-19-42(5)30(4)37(49)24-31-17-18-34(50)25-35(31)42/h9-11,15-18,25,29-30,33,36-37,50H,6-8,12-14,19-24,26-28H2,1-5H3,(H2,44,45)(H,46,52)(H,47,53)(H,48,51)/t30-,33-,36+,37-,42-,43+/m1/s1. The number of amides is 3. The average molecular weight is 729 g/mol. The molecule has 2 aromatic rings. The van der Waals surface area contributed by atoms with E-state index in [-0.39, 0.29) is 41.5 Å². The van der Waals surface area contributed by atoms with Crippen molar-refractivity contribution in [3.63, 3.8) is 0 Å². The van der Waals surface area contributed by atoms with E-state index in [0.29, 0.717) is 30.7 Å². The van der Waals surface area contributed by atoms with Crippen LogP contribution in [-0.2, 0) is 31.6 Å². The summed E-state index contributed by atoms with van der Waals surface area (Å²) in [6.07, 6.45) is 8.84. The van der Waals surface area contributed by atoms with E-state index < -0.39 is 11.5 Å². The Morgan fingerprint density at radius 3 is 2.55 bits per heavy atom. The molecule has 0 aromatic heterocycles. The molecule has 1 heterocycles. The predicted octanol–water partition coefficient (Wildman–Crippen LogP) is 5.36. The van der Waals surface area contributed by atoms with Gasteiger partial charge in [0, 0.05) is 32.1 Å². The number of piperidine rings is 1. The minimum absolute atomic E-state index is 0.00160. The summed E-state index contributed by atoms with van der Waals surface area (Å²) in [5, 5.41) is 19.1. The number of nitrogens with two attached hydrogens (primary N) is 1. The van der Waals surface area contributed by atoms with Gasteiger partial charge >= 0.3 is 0 Å². The third kappa shape index (κ3) is 9.61. The fourth-order valence-corrected chi connectivity index (χ4v) is 9.00. The van der Waals surface area contributed by atoms with Crippen LogP contribution in [0.4, 0.5) is 0 Å². The molecule has 2 aliphatic carbocycles. The normalized spacial score (nSPS) is 25.7.